The fourth-order valence-electron chi connectivity index (χ4n) is 3.71. The van der Waals surface area contributed by atoms with Crippen molar-refractivity contribution in [2.45, 2.75) is 19.9 Å². The molecule has 2 N–H and O–H groups in total. The van der Waals surface area contributed by atoms with E-state index in [1.807, 2.05) is 31.2 Å². The summed E-state index contributed by atoms with van der Waals surface area (Å²) in [6.07, 6.45) is 0. The Morgan fingerprint density at radius 2 is 1.80 bits per heavy atom. The molecule has 162 valence electrons. The van der Waals surface area contributed by atoms with Crippen LogP contribution in [0.1, 0.15) is 25.5 Å². The maximum Gasteiger partial charge on any atom is 0.338 e. The van der Waals surface area contributed by atoms with Crippen LogP contribution in [0.4, 0.5) is 4.79 Å². The van der Waals surface area contributed by atoms with E-state index in [1.54, 1.807) is 11.8 Å². The van der Waals surface area contributed by atoms with Gasteiger partial charge < -0.3 is 25.0 Å². The Kier molecular flexibility index (Phi) is 6.94. The van der Waals surface area contributed by atoms with Gasteiger partial charge in [0.25, 0.3) is 0 Å². The smallest absolute Gasteiger partial charge is 0.338 e. The zero-order chi connectivity index (χ0) is 21.7. The van der Waals surface area contributed by atoms with Gasteiger partial charge in [-0.25, -0.2) is 9.59 Å². The molecule has 2 aliphatic heterocycles. The quantitative estimate of drug-likeness (QED) is 0.672. The third kappa shape index (κ3) is 4.91. The van der Waals surface area contributed by atoms with Gasteiger partial charge in [0, 0.05) is 45.3 Å². The molecular weight excluding hydrogens is 388 g/mol. The summed E-state index contributed by atoms with van der Waals surface area (Å²) in [5.41, 5.74) is 1.64. The van der Waals surface area contributed by atoms with E-state index in [9.17, 15) is 14.4 Å². The van der Waals surface area contributed by atoms with E-state index in [0.717, 1.165) is 5.56 Å². The average Bonchev–Trinajstić information content (AvgIpc) is 2.74. The van der Waals surface area contributed by atoms with Gasteiger partial charge in [-0.05, 0) is 24.6 Å². The molecule has 1 saturated heterocycles. The zero-order valence-electron chi connectivity index (χ0n) is 17.6. The van der Waals surface area contributed by atoms with E-state index in [1.165, 1.54) is 7.11 Å². The van der Waals surface area contributed by atoms with Crippen LogP contribution in [0.2, 0.25) is 0 Å². The second-order valence-electron chi connectivity index (χ2n) is 7.20. The number of amides is 3. The molecule has 9 heteroatoms. The highest BCUT2D eigenvalue weighted by atomic mass is 16.5. The van der Waals surface area contributed by atoms with Crippen molar-refractivity contribution in [1.82, 2.24) is 20.4 Å². The topological polar surface area (TPSA) is 100 Å². The number of rotatable bonds is 6. The molecule has 3 rings (SSSR count). The monoisotopic (exact) mass is 416 g/mol. The van der Waals surface area contributed by atoms with Crippen molar-refractivity contribution in [3.05, 3.63) is 41.1 Å². The van der Waals surface area contributed by atoms with Crippen molar-refractivity contribution in [3.8, 4) is 5.75 Å². The highest BCUT2D eigenvalue weighted by Gasteiger charge is 2.34. The number of hydrogen-bond donors (Lipinski definition) is 2. The van der Waals surface area contributed by atoms with Crippen molar-refractivity contribution in [1.29, 1.82) is 0 Å². The summed E-state index contributed by atoms with van der Waals surface area (Å²) in [5.74, 6) is 0.266. The second kappa shape index (κ2) is 9.62. The van der Waals surface area contributed by atoms with Crippen molar-refractivity contribution in [2.75, 3.05) is 46.4 Å². The standard InChI is InChI=1S/C21H28N4O5/c1-4-30-16-7-5-15(6-8-16)19-18(20(27)29-3)17(22-21(28)23-19)13-24-9-11-25(12-10-24)14(2)26/h5-8,19H,4,9-13H2,1-3H3,(H2,22,23,28)/t19-/m1/s1. The Bertz CT molecular complexity index is 828. The van der Waals surface area contributed by atoms with Crippen LogP contribution in [0.15, 0.2) is 35.5 Å². The number of hydrogen-bond acceptors (Lipinski definition) is 6. The minimum atomic E-state index is -0.629. The molecule has 0 saturated carbocycles. The molecule has 1 atom stereocenters. The lowest BCUT2D eigenvalue weighted by Gasteiger charge is -2.36. The number of nitrogens with zero attached hydrogens (tertiary/aromatic N) is 2. The van der Waals surface area contributed by atoms with E-state index in [0.29, 0.717) is 56.4 Å². The van der Waals surface area contributed by atoms with Gasteiger partial charge in [-0.3, -0.25) is 9.69 Å². The summed E-state index contributed by atoms with van der Waals surface area (Å²) >= 11 is 0. The Balaban J connectivity index is 1.86. The van der Waals surface area contributed by atoms with Crippen molar-refractivity contribution < 1.29 is 23.9 Å². The van der Waals surface area contributed by atoms with Crippen molar-refractivity contribution in [2.24, 2.45) is 0 Å². The number of carbonyl (C=O) groups is 3. The summed E-state index contributed by atoms with van der Waals surface area (Å²) < 4.78 is 10.5. The molecule has 1 fully saturated rings. The number of nitrogens with one attached hydrogen (secondary N) is 2. The van der Waals surface area contributed by atoms with Crippen molar-refractivity contribution >= 4 is 17.9 Å². The third-order valence-electron chi connectivity index (χ3n) is 5.28. The van der Waals surface area contributed by atoms with Gasteiger partial charge in [0.05, 0.1) is 25.3 Å². The molecule has 3 amide bonds. The Hall–Kier alpha value is -3.07. The van der Waals surface area contributed by atoms with Gasteiger partial charge >= 0.3 is 12.0 Å². The number of urea groups is 1. The zero-order valence-corrected chi connectivity index (χ0v) is 17.6. The number of piperazine rings is 1. The fraction of sp³-hybridized carbons (Fsp3) is 0.476. The molecule has 0 spiro atoms. The molecule has 2 aliphatic rings. The molecule has 1 aromatic rings. The molecule has 0 aromatic heterocycles. The lowest BCUT2D eigenvalue weighted by Crippen LogP contribution is -2.52. The molecule has 0 aliphatic carbocycles. The molecule has 9 nitrogen and oxygen atoms in total. The highest BCUT2D eigenvalue weighted by molar-refractivity contribution is 5.95. The van der Waals surface area contributed by atoms with Gasteiger partial charge in [0.15, 0.2) is 0 Å². The summed E-state index contributed by atoms with van der Waals surface area (Å²) in [6.45, 7) is 6.96. The first-order chi connectivity index (χ1) is 14.4. The minimum absolute atomic E-state index is 0.0508. The first-order valence-electron chi connectivity index (χ1n) is 10.0. The number of benzene rings is 1. The summed E-state index contributed by atoms with van der Waals surface area (Å²) in [7, 11) is 1.32. The highest BCUT2D eigenvalue weighted by Crippen LogP contribution is 2.29. The molecule has 30 heavy (non-hydrogen) atoms. The summed E-state index contributed by atoms with van der Waals surface area (Å²) in [5, 5.41) is 5.59. The van der Waals surface area contributed by atoms with E-state index in [4.69, 9.17) is 9.47 Å². The first kappa shape index (κ1) is 21.6. The van der Waals surface area contributed by atoms with Gasteiger partial charge in [-0.15, -0.1) is 0 Å². The summed E-state index contributed by atoms with van der Waals surface area (Å²) in [4.78, 5) is 40.5. The number of methoxy groups -OCH3 is 1. The van der Waals surface area contributed by atoms with Crippen LogP contribution in [-0.4, -0.2) is 74.1 Å². The normalized spacial score (nSPS) is 19.8. The predicted octanol–water partition coefficient (Wildman–Crippen LogP) is 1.03. The molecule has 0 bridgehead atoms. The van der Waals surface area contributed by atoms with Crippen molar-refractivity contribution in [3.63, 3.8) is 0 Å². The van der Waals surface area contributed by atoms with Gasteiger partial charge in [-0.2, -0.15) is 0 Å². The van der Waals surface area contributed by atoms with Crippen LogP contribution < -0.4 is 15.4 Å². The molecule has 2 heterocycles. The molecule has 1 aromatic carbocycles. The van der Waals surface area contributed by atoms with E-state index in [2.05, 4.69) is 15.5 Å². The first-order valence-corrected chi connectivity index (χ1v) is 10.0. The summed E-state index contributed by atoms with van der Waals surface area (Å²) in [6, 6.07) is 6.26. The number of ether oxygens (including phenoxy) is 2. The van der Waals surface area contributed by atoms with Crippen LogP contribution in [0.3, 0.4) is 0 Å². The van der Waals surface area contributed by atoms with Gasteiger partial charge in [0.2, 0.25) is 5.91 Å². The maximum absolute atomic E-state index is 12.7. The third-order valence-corrected chi connectivity index (χ3v) is 5.28. The molecule has 0 radical (unpaired) electrons. The minimum Gasteiger partial charge on any atom is -0.494 e. The van der Waals surface area contributed by atoms with Crippen LogP contribution in [-0.2, 0) is 14.3 Å². The number of carbonyl (C=O) groups excluding carboxylic acids is 3. The van der Waals surface area contributed by atoms with Crippen LogP contribution in [0, 0.1) is 0 Å². The number of esters is 1. The van der Waals surface area contributed by atoms with E-state index >= 15 is 0 Å². The van der Waals surface area contributed by atoms with Crippen LogP contribution in [0.5, 0.6) is 5.75 Å². The maximum atomic E-state index is 12.7. The molecular formula is C21H28N4O5. The Morgan fingerprint density at radius 1 is 1.13 bits per heavy atom. The van der Waals surface area contributed by atoms with Crippen LogP contribution in [0.25, 0.3) is 0 Å². The van der Waals surface area contributed by atoms with E-state index < -0.39 is 12.0 Å². The largest absolute Gasteiger partial charge is 0.494 e. The Labute approximate surface area is 176 Å². The van der Waals surface area contributed by atoms with E-state index in [-0.39, 0.29) is 11.9 Å². The van der Waals surface area contributed by atoms with Crippen LogP contribution >= 0.6 is 0 Å². The SMILES string of the molecule is CCOc1ccc([C@H]2NC(=O)NC(CN3CCN(C(C)=O)CC3)=C2C(=O)OC)cc1. The lowest BCUT2D eigenvalue weighted by molar-refractivity contribution is -0.136. The van der Waals surface area contributed by atoms with Gasteiger partial charge in [-0.1, -0.05) is 12.1 Å². The Morgan fingerprint density at radius 3 is 2.37 bits per heavy atom. The average molecular weight is 416 g/mol. The fourth-order valence-corrected chi connectivity index (χ4v) is 3.71. The predicted molar refractivity (Wildman–Crippen MR) is 110 cm³/mol. The molecule has 0 unspecified atom stereocenters. The van der Waals surface area contributed by atoms with Gasteiger partial charge in [0.1, 0.15) is 5.75 Å². The lowest BCUT2D eigenvalue weighted by atomic mass is 9.95. The second-order valence-corrected chi connectivity index (χ2v) is 7.20.